The first-order chi connectivity index (χ1) is 31.2. The van der Waals surface area contributed by atoms with Crippen molar-refractivity contribution in [3.8, 4) is 0 Å². The van der Waals surface area contributed by atoms with Crippen LogP contribution in [0.15, 0.2) is 4.42 Å². The van der Waals surface area contributed by atoms with Gasteiger partial charge >= 0.3 is 42.4 Å². The van der Waals surface area contributed by atoms with Crippen LogP contribution in [0.4, 0.5) is 40.7 Å². The minimum Gasteiger partial charge on any atom is -0.444 e. The monoisotopic (exact) mass is 986 g/mol. The number of halogens is 6. The lowest BCUT2D eigenvalue weighted by Gasteiger charge is -2.28. The van der Waals surface area contributed by atoms with Gasteiger partial charge in [0.25, 0.3) is 0 Å². The third-order valence-electron chi connectivity index (χ3n) is 11.2. The fourth-order valence-electron chi connectivity index (χ4n) is 7.71. The van der Waals surface area contributed by atoms with Crippen LogP contribution in [0.1, 0.15) is 157 Å². The SMILES string of the molecule is CC(C)(C)OC(=O)NCC1CCC(C(=O)CN)CC1.CC(C)(C)OC(=O)NCC1CCC(C(=O)CNC(=O)C(F)(F)F)CC1.CC(C)(C)OC(=O)NCC1CCC(c2nnc(C(F)(F)F)o2)CC1. The van der Waals surface area contributed by atoms with Crippen LogP contribution < -0.4 is 27.0 Å². The Morgan fingerprint density at radius 1 is 0.544 bits per heavy atom. The molecule has 0 radical (unpaired) electrons. The van der Waals surface area contributed by atoms with Crippen molar-refractivity contribution >= 4 is 35.8 Å². The van der Waals surface area contributed by atoms with Gasteiger partial charge in [0.15, 0.2) is 5.78 Å². The molecule has 23 heteroatoms. The molecule has 4 rings (SSSR count). The molecule has 17 nitrogen and oxygen atoms in total. The molecule has 1 heterocycles. The third kappa shape index (κ3) is 24.5. The maximum atomic E-state index is 12.5. The second kappa shape index (κ2) is 26.3. The van der Waals surface area contributed by atoms with Crippen molar-refractivity contribution in [1.29, 1.82) is 0 Å². The molecule has 0 spiro atoms. The Bertz CT molecular complexity index is 1770. The summed E-state index contributed by atoms with van der Waals surface area (Å²) in [4.78, 5) is 68.8. The van der Waals surface area contributed by atoms with E-state index < -0.39 is 65.5 Å². The van der Waals surface area contributed by atoms with E-state index in [4.69, 9.17) is 24.4 Å². The number of rotatable bonds is 12. The van der Waals surface area contributed by atoms with E-state index >= 15 is 0 Å². The number of hydrogen-bond acceptors (Lipinski definition) is 13. The fourth-order valence-corrected chi connectivity index (χ4v) is 7.71. The molecular weight excluding hydrogens is 913 g/mol. The molecule has 0 aliphatic heterocycles. The smallest absolute Gasteiger partial charge is 0.444 e. The van der Waals surface area contributed by atoms with Crippen LogP contribution in [-0.2, 0) is 34.8 Å². The van der Waals surface area contributed by atoms with Crippen LogP contribution in [0.5, 0.6) is 0 Å². The number of hydrogen-bond donors (Lipinski definition) is 5. The van der Waals surface area contributed by atoms with Crippen molar-refractivity contribution in [2.24, 2.45) is 35.3 Å². The van der Waals surface area contributed by atoms with E-state index in [1.54, 1.807) is 46.9 Å². The molecule has 3 saturated carbocycles. The number of carbonyl (C=O) groups excluding carboxylic acids is 6. The molecule has 0 bridgehead atoms. The average Bonchev–Trinajstić information content (AvgIpc) is 3.74. The standard InChI is InChI=1S/C16H25F3N2O4.C15H22F3N3O3.C14H26N2O3/c1-15(2,3)25-14(24)21-8-10-4-6-11(7-5-10)12(22)9-20-13(23)16(17,18)19;1-14(2,3)24-13(22)19-8-9-4-6-10(7-5-9)11-20-21-12(23-11)15(16,17)18;1-14(2,3)19-13(18)16-9-10-4-6-11(7-5-10)12(17)8-15/h10-11H,4-9H2,1-3H3,(H,20,23)(H,21,24);9-10H,4-8H2,1-3H3,(H,19,22);10-11H,4-9,15H2,1-3H3,(H,16,18). The number of nitrogens with one attached hydrogen (secondary N) is 4. The Morgan fingerprint density at radius 3 is 1.21 bits per heavy atom. The molecule has 0 aromatic carbocycles. The van der Waals surface area contributed by atoms with Crippen molar-refractivity contribution in [1.82, 2.24) is 31.5 Å². The van der Waals surface area contributed by atoms with Gasteiger partial charge in [-0.1, -0.05) is 0 Å². The molecule has 0 saturated heterocycles. The van der Waals surface area contributed by atoms with Crippen molar-refractivity contribution in [2.75, 3.05) is 32.7 Å². The van der Waals surface area contributed by atoms with Crippen molar-refractivity contribution in [2.45, 2.75) is 174 Å². The van der Waals surface area contributed by atoms with Gasteiger partial charge in [-0.25, -0.2) is 14.4 Å². The summed E-state index contributed by atoms with van der Waals surface area (Å²) in [6.45, 7) is 17.3. The summed E-state index contributed by atoms with van der Waals surface area (Å²) in [5.74, 6) is -3.08. The zero-order valence-corrected chi connectivity index (χ0v) is 40.8. The second-order valence-corrected chi connectivity index (χ2v) is 20.6. The molecule has 3 aliphatic carbocycles. The van der Waals surface area contributed by atoms with Gasteiger partial charge in [0.2, 0.25) is 5.89 Å². The molecule has 3 fully saturated rings. The van der Waals surface area contributed by atoms with Gasteiger partial charge in [-0.15, -0.1) is 10.2 Å². The lowest BCUT2D eigenvalue weighted by atomic mass is 9.80. The average molecular weight is 986 g/mol. The molecule has 4 amide bonds. The van der Waals surface area contributed by atoms with Crippen molar-refractivity contribution in [3.05, 3.63) is 11.8 Å². The lowest BCUT2D eigenvalue weighted by molar-refractivity contribution is -0.173. The number of aromatic nitrogens is 2. The number of amides is 4. The normalized spacial score (nSPS) is 22.4. The number of Topliss-reactive ketones (excluding diaryl/α,β-unsaturated/α-hetero) is 2. The third-order valence-corrected chi connectivity index (χ3v) is 11.2. The highest BCUT2D eigenvalue weighted by Crippen LogP contribution is 2.37. The summed E-state index contributed by atoms with van der Waals surface area (Å²) >= 11 is 0. The lowest BCUT2D eigenvalue weighted by Crippen LogP contribution is -2.41. The molecule has 0 atom stereocenters. The Morgan fingerprint density at radius 2 is 0.897 bits per heavy atom. The summed E-state index contributed by atoms with van der Waals surface area (Å²) in [5.41, 5.74) is 3.79. The largest absolute Gasteiger partial charge is 0.471 e. The van der Waals surface area contributed by atoms with Crippen molar-refractivity contribution in [3.63, 3.8) is 0 Å². The topological polar surface area (TPSA) is 243 Å². The number of ether oxygens (including phenoxy) is 3. The minimum absolute atomic E-state index is 0.0425. The second-order valence-electron chi connectivity index (χ2n) is 20.6. The molecule has 3 aliphatic rings. The Hall–Kier alpha value is -4.70. The molecular formula is C45H73F6N7O10. The van der Waals surface area contributed by atoms with Crippen LogP contribution >= 0.6 is 0 Å². The molecule has 1 aromatic rings. The molecule has 0 unspecified atom stereocenters. The zero-order valence-electron chi connectivity index (χ0n) is 40.8. The number of ketones is 2. The summed E-state index contributed by atoms with van der Waals surface area (Å²) in [6.07, 6.45) is -1.96. The summed E-state index contributed by atoms with van der Waals surface area (Å²) in [6, 6.07) is 0. The number of alkyl halides is 6. The summed E-state index contributed by atoms with van der Waals surface area (Å²) < 4.78 is 93.9. The predicted molar refractivity (Wildman–Crippen MR) is 236 cm³/mol. The van der Waals surface area contributed by atoms with E-state index in [-0.39, 0.29) is 53.9 Å². The summed E-state index contributed by atoms with van der Waals surface area (Å²) in [5, 5.41) is 16.4. The maximum absolute atomic E-state index is 12.5. The van der Waals surface area contributed by atoms with Crippen LogP contribution in [0.25, 0.3) is 0 Å². The first kappa shape index (κ1) is 59.4. The van der Waals surface area contributed by atoms with Crippen LogP contribution in [0, 0.1) is 29.6 Å². The molecule has 6 N–H and O–H groups in total. The fraction of sp³-hybridized carbons (Fsp3) is 0.822. The first-order valence-electron chi connectivity index (χ1n) is 23.2. The van der Waals surface area contributed by atoms with Gasteiger partial charge in [-0.2, -0.15) is 26.3 Å². The quantitative estimate of drug-likeness (QED) is 0.0979. The number of nitrogens with two attached hydrogens (primary N) is 1. The predicted octanol–water partition coefficient (Wildman–Crippen LogP) is 8.30. The Labute approximate surface area is 394 Å². The number of alkyl carbamates (subject to hydrolysis) is 3. The van der Waals surface area contributed by atoms with E-state index in [1.165, 1.54) is 0 Å². The van der Waals surface area contributed by atoms with Gasteiger partial charge < -0.3 is 45.6 Å². The van der Waals surface area contributed by atoms with Crippen molar-refractivity contribution < 1.29 is 73.7 Å². The van der Waals surface area contributed by atoms with Gasteiger partial charge in [0, 0.05) is 37.4 Å². The zero-order chi connectivity index (χ0) is 51.7. The van der Waals surface area contributed by atoms with E-state index in [0.29, 0.717) is 64.1 Å². The van der Waals surface area contributed by atoms with E-state index in [0.717, 1.165) is 38.5 Å². The minimum atomic E-state index is -4.98. The van der Waals surface area contributed by atoms with Gasteiger partial charge in [-0.3, -0.25) is 14.4 Å². The Kier molecular flexibility index (Phi) is 23.0. The summed E-state index contributed by atoms with van der Waals surface area (Å²) in [7, 11) is 0. The van der Waals surface area contributed by atoms with Crippen LogP contribution in [-0.4, -0.2) is 102 Å². The number of carbonyl (C=O) groups is 6. The van der Waals surface area contributed by atoms with Gasteiger partial charge in [0.1, 0.15) is 22.6 Å². The van der Waals surface area contributed by atoms with E-state index in [1.807, 2.05) is 20.8 Å². The molecule has 1 aromatic heterocycles. The highest BCUT2D eigenvalue weighted by atomic mass is 19.4. The Balaban J connectivity index is 0.000000354. The van der Waals surface area contributed by atoms with E-state index in [2.05, 4.69) is 26.1 Å². The highest BCUT2D eigenvalue weighted by molar-refractivity contribution is 5.89. The molecule has 390 valence electrons. The highest BCUT2D eigenvalue weighted by Gasteiger charge is 2.40. The van der Waals surface area contributed by atoms with E-state index in [9.17, 15) is 55.1 Å². The first-order valence-corrected chi connectivity index (χ1v) is 23.2. The van der Waals surface area contributed by atoms with Gasteiger partial charge in [-0.05, 0) is 157 Å². The maximum Gasteiger partial charge on any atom is 0.471 e. The molecule has 68 heavy (non-hydrogen) atoms. The van der Waals surface area contributed by atoms with Gasteiger partial charge in [0.05, 0.1) is 13.1 Å². The van der Waals surface area contributed by atoms with Crippen LogP contribution in [0.2, 0.25) is 0 Å². The van der Waals surface area contributed by atoms with Crippen LogP contribution in [0.3, 0.4) is 0 Å². The number of nitrogens with zero attached hydrogens (tertiary/aromatic N) is 2.